The fourth-order valence-electron chi connectivity index (χ4n) is 3.44. The Morgan fingerprint density at radius 1 is 1.00 bits per heavy atom. The molecule has 0 radical (unpaired) electrons. The van der Waals surface area contributed by atoms with Gasteiger partial charge in [-0.25, -0.2) is 14.2 Å². The Morgan fingerprint density at radius 2 is 1.69 bits per heavy atom. The van der Waals surface area contributed by atoms with Gasteiger partial charge in [0.05, 0.1) is 18.2 Å². The standard InChI is InChI=1S/C24H27NO4/c1-15-16(2)25(23(27)29-24(3,4)5)21-11-10-18(14-20(15)21)12-17-8-7-9-19(13-17)22(26)28-6/h7-11,13-14H,12H2,1-6H3. The Labute approximate surface area is 171 Å². The number of hydrogen-bond acceptors (Lipinski definition) is 4. The first-order valence-corrected chi connectivity index (χ1v) is 9.62. The van der Waals surface area contributed by atoms with E-state index in [0.717, 1.165) is 33.3 Å². The molecule has 0 aliphatic heterocycles. The zero-order chi connectivity index (χ0) is 21.3. The summed E-state index contributed by atoms with van der Waals surface area (Å²) in [7, 11) is 1.38. The summed E-state index contributed by atoms with van der Waals surface area (Å²) in [6.07, 6.45) is 0.309. The monoisotopic (exact) mass is 393 g/mol. The lowest BCUT2D eigenvalue weighted by Gasteiger charge is -2.20. The van der Waals surface area contributed by atoms with Gasteiger partial charge in [0.15, 0.2) is 0 Å². The first-order valence-electron chi connectivity index (χ1n) is 9.62. The summed E-state index contributed by atoms with van der Waals surface area (Å²) >= 11 is 0. The van der Waals surface area contributed by atoms with E-state index in [1.165, 1.54) is 7.11 Å². The molecule has 0 saturated heterocycles. The van der Waals surface area contributed by atoms with Crippen LogP contribution in [0.3, 0.4) is 0 Å². The van der Waals surface area contributed by atoms with Crippen LogP contribution >= 0.6 is 0 Å². The zero-order valence-electron chi connectivity index (χ0n) is 17.8. The van der Waals surface area contributed by atoms with Gasteiger partial charge in [-0.3, -0.25) is 0 Å². The molecule has 0 spiro atoms. The largest absolute Gasteiger partial charge is 0.465 e. The number of rotatable bonds is 3. The highest BCUT2D eigenvalue weighted by molar-refractivity contribution is 5.94. The van der Waals surface area contributed by atoms with Crippen molar-refractivity contribution in [2.24, 2.45) is 0 Å². The predicted octanol–water partition coefficient (Wildman–Crippen LogP) is 5.42. The summed E-state index contributed by atoms with van der Waals surface area (Å²) in [5.41, 5.74) is 4.86. The number of nitrogens with zero attached hydrogens (tertiary/aromatic N) is 1. The topological polar surface area (TPSA) is 57.5 Å². The average Bonchev–Trinajstić information content (AvgIpc) is 2.90. The van der Waals surface area contributed by atoms with Crippen molar-refractivity contribution in [2.45, 2.75) is 46.6 Å². The number of carbonyl (C=O) groups excluding carboxylic acids is 2. The highest BCUT2D eigenvalue weighted by atomic mass is 16.6. The normalized spacial score (nSPS) is 11.5. The second kappa shape index (κ2) is 7.74. The third-order valence-electron chi connectivity index (χ3n) is 4.92. The van der Waals surface area contributed by atoms with Crippen LogP contribution in [0.5, 0.6) is 0 Å². The molecule has 2 aromatic carbocycles. The summed E-state index contributed by atoms with van der Waals surface area (Å²) < 4.78 is 12.0. The first-order chi connectivity index (χ1) is 13.6. The van der Waals surface area contributed by atoms with Crippen LogP contribution in [0.25, 0.3) is 10.9 Å². The van der Waals surface area contributed by atoms with Crippen molar-refractivity contribution in [2.75, 3.05) is 7.11 Å². The molecule has 1 heterocycles. The molecule has 0 N–H and O–H groups in total. The van der Waals surface area contributed by atoms with E-state index in [4.69, 9.17) is 9.47 Å². The van der Waals surface area contributed by atoms with Gasteiger partial charge in [0.1, 0.15) is 5.60 Å². The van der Waals surface area contributed by atoms with Gasteiger partial charge in [-0.2, -0.15) is 0 Å². The van der Waals surface area contributed by atoms with Crippen LogP contribution in [-0.4, -0.2) is 29.3 Å². The third kappa shape index (κ3) is 4.34. The van der Waals surface area contributed by atoms with E-state index in [-0.39, 0.29) is 12.1 Å². The van der Waals surface area contributed by atoms with Gasteiger partial charge in [0.25, 0.3) is 0 Å². The number of fused-ring (bicyclic) bond motifs is 1. The maximum absolute atomic E-state index is 12.7. The lowest BCUT2D eigenvalue weighted by Crippen LogP contribution is -2.27. The minimum atomic E-state index is -0.557. The molecule has 1 aromatic heterocycles. The van der Waals surface area contributed by atoms with Crippen LogP contribution in [0.2, 0.25) is 0 Å². The summed E-state index contributed by atoms with van der Waals surface area (Å²) in [6.45, 7) is 9.52. The van der Waals surface area contributed by atoms with Gasteiger partial charge in [0, 0.05) is 11.1 Å². The molecular formula is C24H27NO4. The van der Waals surface area contributed by atoms with Crippen LogP contribution in [-0.2, 0) is 15.9 Å². The molecule has 0 fully saturated rings. The van der Waals surface area contributed by atoms with Crippen LogP contribution in [0.15, 0.2) is 42.5 Å². The van der Waals surface area contributed by atoms with E-state index >= 15 is 0 Å². The molecule has 3 aromatic rings. The van der Waals surface area contributed by atoms with Crippen molar-refractivity contribution in [1.82, 2.24) is 4.57 Å². The van der Waals surface area contributed by atoms with E-state index in [1.54, 1.807) is 10.6 Å². The van der Waals surface area contributed by atoms with Gasteiger partial charge in [0.2, 0.25) is 0 Å². The fourth-order valence-corrected chi connectivity index (χ4v) is 3.44. The second-order valence-corrected chi connectivity index (χ2v) is 8.25. The number of benzene rings is 2. The van der Waals surface area contributed by atoms with Gasteiger partial charge in [-0.1, -0.05) is 18.2 Å². The number of aromatic nitrogens is 1. The van der Waals surface area contributed by atoms with Crippen molar-refractivity contribution >= 4 is 23.0 Å². The van der Waals surface area contributed by atoms with Gasteiger partial charge in [-0.15, -0.1) is 0 Å². The highest BCUT2D eigenvalue weighted by Crippen LogP contribution is 2.28. The Kier molecular flexibility index (Phi) is 5.51. The number of methoxy groups -OCH3 is 1. The van der Waals surface area contributed by atoms with Gasteiger partial charge < -0.3 is 9.47 Å². The van der Waals surface area contributed by atoms with Crippen molar-refractivity contribution < 1.29 is 19.1 Å². The lowest BCUT2D eigenvalue weighted by atomic mass is 10.0. The van der Waals surface area contributed by atoms with E-state index in [0.29, 0.717) is 12.0 Å². The molecule has 5 heteroatoms. The predicted molar refractivity (Wildman–Crippen MR) is 114 cm³/mol. The number of esters is 1. The van der Waals surface area contributed by atoms with Crippen LogP contribution < -0.4 is 0 Å². The molecule has 0 unspecified atom stereocenters. The van der Waals surface area contributed by atoms with E-state index in [2.05, 4.69) is 6.07 Å². The molecule has 0 amide bonds. The van der Waals surface area contributed by atoms with E-state index in [1.807, 2.05) is 65.0 Å². The molecule has 0 aliphatic rings. The average molecular weight is 393 g/mol. The number of ether oxygens (including phenoxy) is 2. The Bertz CT molecular complexity index is 1090. The SMILES string of the molecule is COC(=O)c1cccc(Cc2ccc3c(c2)c(C)c(C)n3C(=O)OC(C)(C)C)c1. The zero-order valence-corrected chi connectivity index (χ0v) is 17.8. The Hall–Kier alpha value is -3.08. The van der Waals surface area contributed by atoms with Crippen molar-refractivity contribution in [3.05, 3.63) is 70.4 Å². The van der Waals surface area contributed by atoms with Crippen molar-refractivity contribution in [1.29, 1.82) is 0 Å². The Balaban J connectivity index is 1.96. The summed E-state index contributed by atoms with van der Waals surface area (Å²) in [6, 6.07) is 13.5. The molecule has 0 atom stereocenters. The summed E-state index contributed by atoms with van der Waals surface area (Å²) in [5.74, 6) is -0.344. The van der Waals surface area contributed by atoms with E-state index in [9.17, 15) is 9.59 Å². The highest BCUT2D eigenvalue weighted by Gasteiger charge is 2.22. The minimum Gasteiger partial charge on any atom is -0.465 e. The molecule has 5 nitrogen and oxygen atoms in total. The molecule has 3 rings (SSSR count). The maximum Gasteiger partial charge on any atom is 0.419 e. The van der Waals surface area contributed by atoms with Crippen LogP contribution in [0, 0.1) is 13.8 Å². The lowest BCUT2D eigenvalue weighted by molar-refractivity contribution is 0.0540. The quantitative estimate of drug-likeness (QED) is 0.558. The third-order valence-corrected chi connectivity index (χ3v) is 4.92. The van der Waals surface area contributed by atoms with Crippen LogP contribution in [0.1, 0.15) is 53.5 Å². The van der Waals surface area contributed by atoms with Crippen molar-refractivity contribution in [3.8, 4) is 0 Å². The number of carbonyl (C=O) groups is 2. The minimum absolute atomic E-state index is 0.344. The molecule has 29 heavy (non-hydrogen) atoms. The number of aryl methyl sites for hydroxylation is 1. The summed E-state index contributed by atoms with van der Waals surface area (Å²) in [5, 5.41) is 1.02. The number of hydrogen-bond donors (Lipinski definition) is 0. The molecule has 152 valence electrons. The molecule has 0 saturated carbocycles. The molecule has 0 bridgehead atoms. The molecular weight excluding hydrogens is 366 g/mol. The fraction of sp³-hybridized carbons (Fsp3) is 0.333. The maximum atomic E-state index is 12.7. The van der Waals surface area contributed by atoms with Crippen LogP contribution in [0.4, 0.5) is 4.79 Å². The second-order valence-electron chi connectivity index (χ2n) is 8.25. The summed E-state index contributed by atoms with van der Waals surface area (Å²) in [4.78, 5) is 24.5. The Morgan fingerprint density at radius 3 is 2.34 bits per heavy atom. The molecule has 0 aliphatic carbocycles. The first kappa shape index (κ1) is 20.6. The van der Waals surface area contributed by atoms with Gasteiger partial charge in [-0.05, 0) is 82.0 Å². The van der Waals surface area contributed by atoms with Gasteiger partial charge >= 0.3 is 12.1 Å². The van der Waals surface area contributed by atoms with E-state index < -0.39 is 5.60 Å². The smallest absolute Gasteiger partial charge is 0.419 e. The van der Waals surface area contributed by atoms with Crippen molar-refractivity contribution in [3.63, 3.8) is 0 Å².